The van der Waals surface area contributed by atoms with E-state index in [2.05, 4.69) is 21.7 Å². The van der Waals surface area contributed by atoms with Crippen molar-refractivity contribution in [2.45, 2.75) is 6.92 Å². The third-order valence-electron chi connectivity index (χ3n) is 0.449. The number of hydrogen-bond donors (Lipinski definition) is 1. The second-order valence-corrected chi connectivity index (χ2v) is 1.03. The SMILES string of the molecule is C=N/C(N)=N\OCC. The van der Waals surface area contributed by atoms with E-state index in [-0.39, 0.29) is 5.96 Å². The lowest BCUT2D eigenvalue weighted by molar-refractivity contribution is 0.158. The Hall–Kier alpha value is -1.06. The van der Waals surface area contributed by atoms with Gasteiger partial charge in [0.25, 0.3) is 5.96 Å². The number of nitrogens with zero attached hydrogens (tertiary/aromatic N) is 2. The summed E-state index contributed by atoms with van der Waals surface area (Å²) in [4.78, 5) is 7.79. The van der Waals surface area contributed by atoms with E-state index in [1.165, 1.54) is 0 Å². The molecule has 0 aliphatic heterocycles. The largest absolute Gasteiger partial charge is 0.393 e. The van der Waals surface area contributed by atoms with Gasteiger partial charge in [-0.15, -0.1) is 0 Å². The van der Waals surface area contributed by atoms with Gasteiger partial charge in [0.05, 0.1) is 0 Å². The van der Waals surface area contributed by atoms with Gasteiger partial charge in [0.15, 0.2) is 0 Å². The molecule has 4 heteroatoms. The molecule has 0 atom stereocenters. The van der Waals surface area contributed by atoms with Crippen LogP contribution in [0, 0.1) is 0 Å². The lowest BCUT2D eigenvalue weighted by atomic mass is 10.9. The van der Waals surface area contributed by atoms with Gasteiger partial charge in [-0.3, -0.25) is 0 Å². The smallest absolute Gasteiger partial charge is 0.256 e. The molecule has 0 aliphatic carbocycles. The van der Waals surface area contributed by atoms with Crippen molar-refractivity contribution >= 4 is 12.7 Å². The number of oxime groups is 1. The molecule has 0 saturated carbocycles. The second-order valence-electron chi connectivity index (χ2n) is 1.03. The van der Waals surface area contributed by atoms with Gasteiger partial charge in [-0.2, -0.15) is 0 Å². The maximum absolute atomic E-state index is 5.05. The Labute approximate surface area is 48.0 Å². The fourth-order valence-electron chi connectivity index (χ4n) is 0.160. The summed E-state index contributed by atoms with van der Waals surface area (Å²) in [7, 11) is 0. The monoisotopic (exact) mass is 115 g/mol. The normalized spacial score (nSPS) is 10.9. The van der Waals surface area contributed by atoms with Crippen LogP contribution in [0.3, 0.4) is 0 Å². The summed E-state index contributed by atoms with van der Waals surface area (Å²) in [5.74, 6) is 0.0619. The molecule has 46 valence electrons. The molecule has 0 saturated heterocycles. The number of hydrogen-bond acceptors (Lipinski definition) is 2. The molecule has 0 rings (SSSR count). The molecule has 0 amide bonds. The first kappa shape index (κ1) is 6.94. The van der Waals surface area contributed by atoms with Gasteiger partial charge in [0.2, 0.25) is 0 Å². The van der Waals surface area contributed by atoms with Crippen molar-refractivity contribution in [3.63, 3.8) is 0 Å². The van der Waals surface area contributed by atoms with Crippen molar-refractivity contribution in [1.29, 1.82) is 0 Å². The summed E-state index contributed by atoms with van der Waals surface area (Å²) < 4.78 is 0. The van der Waals surface area contributed by atoms with Crippen LogP contribution < -0.4 is 5.73 Å². The van der Waals surface area contributed by atoms with Gasteiger partial charge in [-0.05, 0) is 18.8 Å². The number of nitrogens with two attached hydrogens (primary N) is 1. The maximum atomic E-state index is 5.05. The van der Waals surface area contributed by atoms with Crippen molar-refractivity contribution in [2.75, 3.05) is 6.61 Å². The van der Waals surface area contributed by atoms with E-state index in [4.69, 9.17) is 5.73 Å². The van der Waals surface area contributed by atoms with Crippen LogP contribution in [0.15, 0.2) is 10.1 Å². The van der Waals surface area contributed by atoms with E-state index in [1.54, 1.807) is 6.92 Å². The minimum Gasteiger partial charge on any atom is -0.393 e. The first-order chi connectivity index (χ1) is 3.81. The number of aliphatic imine (C=N–C) groups is 1. The molecule has 0 spiro atoms. The Morgan fingerprint density at radius 2 is 2.50 bits per heavy atom. The van der Waals surface area contributed by atoms with E-state index in [0.29, 0.717) is 6.61 Å². The maximum Gasteiger partial charge on any atom is 0.256 e. The minimum atomic E-state index is 0.0619. The first-order valence-corrected chi connectivity index (χ1v) is 2.23. The highest BCUT2D eigenvalue weighted by Gasteiger charge is 1.78. The number of guanidine groups is 1. The average molecular weight is 115 g/mol. The van der Waals surface area contributed by atoms with Crippen molar-refractivity contribution < 1.29 is 4.84 Å². The van der Waals surface area contributed by atoms with Gasteiger partial charge >= 0.3 is 0 Å². The predicted molar refractivity (Wildman–Crippen MR) is 32.8 cm³/mol. The van der Waals surface area contributed by atoms with Gasteiger partial charge in [-0.1, -0.05) is 0 Å². The van der Waals surface area contributed by atoms with Crippen LogP contribution in [0.1, 0.15) is 6.92 Å². The van der Waals surface area contributed by atoms with Crippen LogP contribution in [0.25, 0.3) is 0 Å². The molecule has 0 aromatic carbocycles. The fourth-order valence-corrected chi connectivity index (χ4v) is 0.160. The molecule has 0 aromatic rings. The Balaban J connectivity index is 3.40. The average Bonchev–Trinajstić information content (AvgIpc) is 1.83. The fraction of sp³-hybridized carbons (Fsp3) is 0.500. The summed E-state index contributed by atoms with van der Waals surface area (Å²) in [5.41, 5.74) is 5.05. The van der Waals surface area contributed by atoms with Crippen LogP contribution >= 0.6 is 0 Å². The van der Waals surface area contributed by atoms with Gasteiger partial charge in [-0.25, -0.2) is 4.99 Å². The van der Waals surface area contributed by atoms with E-state index >= 15 is 0 Å². The highest BCUT2D eigenvalue weighted by molar-refractivity contribution is 5.81. The summed E-state index contributed by atoms with van der Waals surface area (Å²) in [6, 6.07) is 0. The summed E-state index contributed by atoms with van der Waals surface area (Å²) in [6.45, 7) is 5.43. The Bertz CT molecular complexity index is 99.5. The molecule has 2 N–H and O–H groups in total. The van der Waals surface area contributed by atoms with Gasteiger partial charge in [0, 0.05) is 0 Å². The molecule has 8 heavy (non-hydrogen) atoms. The van der Waals surface area contributed by atoms with Crippen LogP contribution in [0.2, 0.25) is 0 Å². The Morgan fingerprint density at radius 1 is 1.88 bits per heavy atom. The zero-order valence-corrected chi connectivity index (χ0v) is 4.79. The molecule has 0 fully saturated rings. The topological polar surface area (TPSA) is 60.0 Å². The molecular formula is C4H9N3O. The van der Waals surface area contributed by atoms with Crippen molar-refractivity contribution in [3.05, 3.63) is 0 Å². The first-order valence-electron chi connectivity index (χ1n) is 2.23. The zero-order chi connectivity index (χ0) is 6.41. The highest BCUT2D eigenvalue weighted by atomic mass is 16.6. The molecule has 0 unspecified atom stereocenters. The molecule has 0 radical (unpaired) electrons. The zero-order valence-electron chi connectivity index (χ0n) is 4.79. The lowest BCUT2D eigenvalue weighted by Crippen LogP contribution is -2.07. The van der Waals surface area contributed by atoms with E-state index in [9.17, 15) is 0 Å². The Morgan fingerprint density at radius 3 is 2.88 bits per heavy atom. The summed E-state index contributed by atoms with van der Waals surface area (Å²) in [5, 5.41) is 3.33. The Kier molecular flexibility index (Phi) is 3.56. The number of rotatable bonds is 2. The molecule has 0 aromatic heterocycles. The summed E-state index contributed by atoms with van der Waals surface area (Å²) >= 11 is 0. The molecule has 0 heterocycles. The standard InChI is InChI=1S/C4H9N3O/c1-3-8-7-4(5)6-2/h2-3H2,1H3,(H2,5,7). The quantitative estimate of drug-likeness (QED) is 0.311. The minimum absolute atomic E-state index is 0.0619. The van der Waals surface area contributed by atoms with Gasteiger partial charge < -0.3 is 10.6 Å². The van der Waals surface area contributed by atoms with Gasteiger partial charge in [0.1, 0.15) is 6.61 Å². The van der Waals surface area contributed by atoms with E-state index in [0.717, 1.165) is 0 Å². The third kappa shape index (κ3) is 3.14. The highest BCUT2D eigenvalue weighted by Crippen LogP contribution is 1.73. The molecule has 0 aliphatic rings. The molecular weight excluding hydrogens is 106 g/mol. The predicted octanol–water partition coefficient (Wildman–Crippen LogP) is -0.0468. The van der Waals surface area contributed by atoms with E-state index in [1.807, 2.05) is 0 Å². The lowest BCUT2D eigenvalue weighted by Gasteiger charge is -1.89. The van der Waals surface area contributed by atoms with E-state index < -0.39 is 0 Å². The van der Waals surface area contributed by atoms with Crippen molar-refractivity contribution in [1.82, 2.24) is 0 Å². The van der Waals surface area contributed by atoms with Crippen molar-refractivity contribution in [3.8, 4) is 0 Å². The molecule has 0 bridgehead atoms. The summed E-state index contributed by atoms with van der Waals surface area (Å²) in [6.07, 6.45) is 0. The molecule has 4 nitrogen and oxygen atoms in total. The van der Waals surface area contributed by atoms with Crippen LogP contribution in [0.4, 0.5) is 0 Å². The second kappa shape index (κ2) is 4.11. The van der Waals surface area contributed by atoms with Crippen LogP contribution in [0.5, 0.6) is 0 Å². The van der Waals surface area contributed by atoms with Crippen LogP contribution in [-0.4, -0.2) is 19.3 Å². The third-order valence-corrected chi connectivity index (χ3v) is 0.449. The van der Waals surface area contributed by atoms with Crippen LogP contribution in [-0.2, 0) is 4.84 Å². The van der Waals surface area contributed by atoms with Crippen molar-refractivity contribution in [2.24, 2.45) is 15.9 Å².